The first kappa shape index (κ1) is 18.8. The minimum atomic E-state index is -0.206. The molecule has 27 heavy (non-hydrogen) atoms. The average Bonchev–Trinajstić information content (AvgIpc) is 3.22. The Hall–Kier alpha value is -2.94. The molecule has 0 aliphatic heterocycles. The first-order chi connectivity index (χ1) is 13.1. The van der Waals surface area contributed by atoms with Gasteiger partial charge in [-0.05, 0) is 52.7 Å². The number of amides is 1. The van der Waals surface area contributed by atoms with E-state index in [-0.39, 0.29) is 5.91 Å². The third-order valence-corrected chi connectivity index (χ3v) is 4.44. The highest BCUT2D eigenvalue weighted by atomic mass is 79.9. The molecule has 0 spiro atoms. The van der Waals surface area contributed by atoms with Crippen LogP contribution in [0.15, 0.2) is 47.2 Å². The van der Waals surface area contributed by atoms with Gasteiger partial charge in [-0.2, -0.15) is 4.68 Å². The van der Waals surface area contributed by atoms with Gasteiger partial charge in [-0.25, -0.2) is 0 Å². The van der Waals surface area contributed by atoms with Gasteiger partial charge in [0.2, 0.25) is 0 Å². The molecule has 0 atom stereocenters. The molecule has 1 N–H and O–H groups in total. The molecule has 8 nitrogen and oxygen atoms in total. The van der Waals surface area contributed by atoms with Crippen LogP contribution in [0.5, 0.6) is 11.5 Å². The predicted octanol–water partition coefficient (Wildman–Crippen LogP) is 2.41. The number of tetrazole rings is 1. The van der Waals surface area contributed by atoms with Gasteiger partial charge in [0.25, 0.3) is 5.91 Å². The van der Waals surface area contributed by atoms with E-state index in [2.05, 4.69) is 36.8 Å². The predicted molar refractivity (Wildman–Crippen MR) is 102 cm³/mol. The quantitative estimate of drug-likeness (QED) is 0.617. The van der Waals surface area contributed by atoms with Gasteiger partial charge >= 0.3 is 0 Å². The Balaban J connectivity index is 1.69. The lowest BCUT2D eigenvalue weighted by atomic mass is 10.1. The topological polar surface area (TPSA) is 91.2 Å². The number of hydrogen-bond acceptors (Lipinski definition) is 6. The first-order valence-electron chi connectivity index (χ1n) is 8.14. The summed E-state index contributed by atoms with van der Waals surface area (Å²) in [5, 5.41) is 14.0. The number of nitrogens with one attached hydrogen (secondary N) is 1. The Bertz CT molecular complexity index is 931. The molecule has 2 aromatic carbocycles. The van der Waals surface area contributed by atoms with Gasteiger partial charge in [-0.15, -0.1) is 5.10 Å². The number of nitrogens with zero attached hydrogens (tertiary/aromatic N) is 4. The third-order valence-electron chi connectivity index (χ3n) is 3.95. The molecular formula is C18H18BrN5O3. The van der Waals surface area contributed by atoms with Crippen LogP contribution in [0.1, 0.15) is 15.9 Å². The van der Waals surface area contributed by atoms with Crippen molar-refractivity contribution in [2.75, 3.05) is 20.8 Å². The van der Waals surface area contributed by atoms with Crippen molar-refractivity contribution in [1.82, 2.24) is 25.5 Å². The van der Waals surface area contributed by atoms with Crippen molar-refractivity contribution in [2.24, 2.45) is 0 Å². The lowest BCUT2D eigenvalue weighted by Gasteiger charge is -2.11. The molecule has 9 heteroatoms. The molecule has 0 unspecified atom stereocenters. The lowest BCUT2D eigenvalue weighted by Crippen LogP contribution is -2.27. The maximum Gasteiger partial charge on any atom is 0.253 e. The number of benzene rings is 2. The standard InChI is InChI=1S/C18H18BrN5O3/c1-26-16-6-3-12(9-17(16)27-2)7-8-20-18(25)14-10-13(19)4-5-15(14)24-11-21-22-23-24/h3-6,9-11H,7-8H2,1-2H3,(H,20,25). The van der Waals surface area contributed by atoms with Crippen LogP contribution in [0.4, 0.5) is 0 Å². The molecule has 1 amide bonds. The minimum Gasteiger partial charge on any atom is -0.493 e. The van der Waals surface area contributed by atoms with Gasteiger partial charge in [0.15, 0.2) is 11.5 Å². The van der Waals surface area contributed by atoms with Crippen molar-refractivity contribution < 1.29 is 14.3 Å². The fraction of sp³-hybridized carbons (Fsp3) is 0.222. The van der Waals surface area contributed by atoms with E-state index in [9.17, 15) is 4.79 Å². The number of halogens is 1. The summed E-state index contributed by atoms with van der Waals surface area (Å²) in [7, 11) is 3.19. The van der Waals surface area contributed by atoms with Crippen LogP contribution in [0, 0.1) is 0 Å². The first-order valence-corrected chi connectivity index (χ1v) is 8.93. The summed E-state index contributed by atoms with van der Waals surface area (Å²) in [5.41, 5.74) is 2.11. The van der Waals surface area contributed by atoms with Gasteiger partial charge in [-0.1, -0.05) is 22.0 Å². The number of methoxy groups -OCH3 is 2. The summed E-state index contributed by atoms with van der Waals surface area (Å²) in [6, 6.07) is 11.0. The summed E-state index contributed by atoms with van der Waals surface area (Å²) in [5.74, 6) is 1.13. The summed E-state index contributed by atoms with van der Waals surface area (Å²) in [6.45, 7) is 0.468. The minimum absolute atomic E-state index is 0.206. The van der Waals surface area contributed by atoms with E-state index in [1.807, 2.05) is 24.3 Å². The average molecular weight is 432 g/mol. The molecule has 0 radical (unpaired) electrons. The number of rotatable bonds is 7. The van der Waals surface area contributed by atoms with Gasteiger partial charge in [-0.3, -0.25) is 4.79 Å². The van der Waals surface area contributed by atoms with Gasteiger partial charge < -0.3 is 14.8 Å². The third kappa shape index (κ3) is 4.43. The smallest absolute Gasteiger partial charge is 0.253 e. The maximum atomic E-state index is 12.7. The maximum absolute atomic E-state index is 12.7. The van der Waals surface area contributed by atoms with Gasteiger partial charge in [0.1, 0.15) is 6.33 Å². The number of aromatic nitrogens is 4. The molecule has 3 rings (SSSR count). The van der Waals surface area contributed by atoms with Crippen LogP contribution in [-0.2, 0) is 6.42 Å². The van der Waals surface area contributed by atoms with Crippen LogP contribution < -0.4 is 14.8 Å². The van der Waals surface area contributed by atoms with Crippen LogP contribution in [0.2, 0.25) is 0 Å². The largest absolute Gasteiger partial charge is 0.493 e. The normalized spacial score (nSPS) is 10.5. The zero-order valence-electron chi connectivity index (χ0n) is 14.8. The zero-order chi connectivity index (χ0) is 19.2. The highest BCUT2D eigenvalue weighted by molar-refractivity contribution is 9.10. The molecule has 0 saturated carbocycles. The fourth-order valence-corrected chi connectivity index (χ4v) is 2.97. The fourth-order valence-electron chi connectivity index (χ4n) is 2.61. The molecule has 3 aromatic rings. The van der Waals surface area contributed by atoms with E-state index < -0.39 is 0 Å². The molecule has 0 aliphatic carbocycles. The van der Waals surface area contributed by atoms with Crippen molar-refractivity contribution in [3.05, 3.63) is 58.3 Å². The van der Waals surface area contributed by atoms with Crippen molar-refractivity contribution in [3.8, 4) is 17.2 Å². The van der Waals surface area contributed by atoms with Crippen molar-refractivity contribution in [2.45, 2.75) is 6.42 Å². The summed E-state index contributed by atoms with van der Waals surface area (Å²) >= 11 is 3.40. The van der Waals surface area contributed by atoms with Crippen LogP contribution in [0.25, 0.3) is 5.69 Å². The second-order valence-electron chi connectivity index (χ2n) is 5.61. The number of carbonyl (C=O) groups is 1. The number of ether oxygens (including phenoxy) is 2. The lowest BCUT2D eigenvalue weighted by molar-refractivity contribution is 0.0954. The van der Waals surface area contributed by atoms with E-state index in [0.717, 1.165) is 10.0 Å². The van der Waals surface area contributed by atoms with Crippen LogP contribution >= 0.6 is 15.9 Å². The van der Waals surface area contributed by atoms with Crippen molar-refractivity contribution in [3.63, 3.8) is 0 Å². The Morgan fingerprint density at radius 3 is 2.67 bits per heavy atom. The molecule has 1 aromatic heterocycles. The van der Waals surface area contributed by atoms with Crippen molar-refractivity contribution in [1.29, 1.82) is 0 Å². The summed E-state index contributed by atoms with van der Waals surface area (Å²) in [6.07, 6.45) is 2.10. The molecule has 0 saturated heterocycles. The second-order valence-corrected chi connectivity index (χ2v) is 6.53. The molecule has 0 aliphatic rings. The van der Waals surface area contributed by atoms with E-state index in [4.69, 9.17) is 9.47 Å². The highest BCUT2D eigenvalue weighted by Crippen LogP contribution is 2.27. The highest BCUT2D eigenvalue weighted by Gasteiger charge is 2.14. The van der Waals surface area contributed by atoms with E-state index in [1.165, 1.54) is 11.0 Å². The van der Waals surface area contributed by atoms with E-state index in [0.29, 0.717) is 35.7 Å². The van der Waals surface area contributed by atoms with Gasteiger partial charge in [0, 0.05) is 11.0 Å². The number of hydrogen-bond donors (Lipinski definition) is 1. The Labute approximate surface area is 164 Å². The molecule has 140 valence electrons. The monoisotopic (exact) mass is 431 g/mol. The summed E-state index contributed by atoms with van der Waals surface area (Å²) < 4.78 is 12.8. The van der Waals surface area contributed by atoms with Crippen LogP contribution in [-0.4, -0.2) is 46.9 Å². The molecule has 1 heterocycles. The van der Waals surface area contributed by atoms with Crippen molar-refractivity contribution >= 4 is 21.8 Å². The van der Waals surface area contributed by atoms with E-state index in [1.54, 1.807) is 26.4 Å². The SMILES string of the molecule is COc1ccc(CCNC(=O)c2cc(Br)ccc2-n2cnnn2)cc1OC. The Kier molecular flexibility index (Phi) is 6.02. The van der Waals surface area contributed by atoms with Gasteiger partial charge in [0.05, 0.1) is 25.5 Å². The molecule has 0 bridgehead atoms. The Morgan fingerprint density at radius 1 is 1.15 bits per heavy atom. The summed E-state index contributed by atoms with van der Waals surface area (Å²) in [4.78, 5) is 12.7. The Morgan fingerprint density at radius 2 is 1.96 bits per heavy atom. The van der Waals surface area contributed by atoms with E-state index >= 15 is 0 Å². The number of carbonyl (C=O) groups excluding carboxylic acids is 1. The molecular weight excluding hydrogens is 414 g/mol. The molecule has 0 fully saturated rings. The zero-order valence-corrected chi connectivity index (χ0v) is 16.4. The van der Waals surface area contributed by atoms with Crippen LogP contribution in [0.3, 0.4) is 0 Å². The second kappa shape index (κ2) is 8.63.